The van der Waals surface area contributed by atoms with E-state index in [0.29, 0.717) is 16.3 Å². The molecular formula is C63H81BN2S. The molecule has 4 heteroatoms. The van der Waals surface area contributed by atoms with E-state index in [0.717, 1.165) is 0 Å². The molecule has 5 aliphatic rings. The zero-order valence-corrected chi connectivity index (χ0v) is 45.5. The average Bonchev–Trinajstić information content (AvgIpc) is 3.66. The summed E-state index contributed by atoms with van der Waals surface area (Å²) in [5, 5.41) is 0.877. The Bertz CT molecular complexity index is 2770. The quantitative estimate of drug-likeness (QED) is 0.167. The number of fused-ring (bicyclic) bond motifs is 8. The Morgan fingerprint density at radius 2 is 1.21 bits per heavy atom. The summed E-state index contributed by atoms with van der Waals surface area (Å²) in [5.41, 5.74) is 21.8. The van der Waals surface area contributed by atoms with Crippen LogP contribution in [0.15, 0.2) is 91.0 Å². The van der Waals surface area contributed by atoms with Crippen LogP contribution in [0.4, 0.5) is 28.4 Å². The van der Waals surface area contributed by atoms with Gasteiger partial charge in [0.05, 0.1) is 0 Å². The lowest BCUT2D eigenvalue weighted by Crippen LogP contribution is -2.67. The van der Waals surface area contributed by atoms with Gasteiger partial charge in [0.25, 0.3) is 0 Å². The van der Waals surface area contributed by atoms with Crippen LogP contribution in [-0.2, 0) is 27.1 Å². The smallest absolute Gasteiger partial charge is 0.232 e. The van der Waals surface area contributed by atoms with Crippen LogP contribution in [0.1, 0.15) is 177 Å². The van der Waals surface area contributed by atoms with Gasteiger partial charge in [0.15, 0.2) is 0 Å². The van der Waals surface area contributed by atoms with Crippen molar-refractivity contribution in [3.8, 4) is 11.1 Å². The number of anilines is 5. The van der Waals surface area contributed by atoms with Crippen LogP contribution in [0.3, 0.4) is 0 Å². The molecule has 0 bridgehead atoms. The number of aryl methyl sites for hydroxylation is 1. The SMILES string of the molecule is Cc1cc2c3c(c1)N(c1cc(C(C)(C)C)cc(C(C)(C)C)c1-c1ccccc1)C1C(SC4C1C(C)(C)CCC4(C)C)B3c1ccc3c(c1N2c1ccc(C(C)(C)C)cc1)C(C)(C)CCC3(C)C. The van der Waals surface area contributed by atoms with Crippen molar-refractivity contribution in [2.24, 2.45) is 16.7 Å². The van der Waals surface area contributed by atoms with E-state index < -0.39 is 0 Å². The molecule has 67 heavy (non-hydrogen) atoms. The molecule has 352 valence electrons. The largest absolute Gasteiger partial charge is 0.337 e. The molecule has 1 saturated heterocycles. The lowest BCUT2D eigenvalue weighted by Gasteiger charge is -2.55. The molecule has 4 atom stereocenters. The second-order valence-electron chi connectivity index (χ2n) is 27.7. The molecule has 2 aliphatic carbocycles. The molecule has 0 N–H and O–H groups in total. The van der Waals surface area contributed by atoms with E-state index in [2.05, 4.69) is 237 Å². The predicted molar refractivity (Wildman–Crippen MR) is 296 cm³/mol. The van der Waals surface area contributed by atoms with E-state index in [-0.39, 0.29) is 50.7 Å². The summed E-state index contributed by atoms with van der Waals surface area (Å²) in [7, 11) is 0. The molecule has 2 nitrogen and oxygen atoms in total. The summed E-state index contributed by atoms with van der Waals surface area (Å²) in [6, 6.07) is 37.1. The fraction of sp³-hybridized carbons (Fsp3) is 0.524. The highest BCUT2D eigenvalue weighted by molar-refractivity contribution is 8.02. The highest BCUT2D eigenvalue weighted by Crippen LogP contribution is 2.65. The monoisotopic (exact) mass is 909 g/mol. The minimum absolute atomic E-state index is 0.0200. The van der Waals surface area contributed by atoms with Gasteiger partial charge in [-0.05, 0) is 157 Å². The molecule has 3 heterocycles. The lowest BCUT2D eigenvalue weighted by atomic mass is 9.32. The van der Waals surface area contributed by atoms with Crippen molar-refractivity contribution in [2.75, 3.05) is 9.80 Å². The molecule has 0 radical (unpaired) electrons. The van der Waals surface area contributed by atoms with Crippen LogP contribution in [0.25, 0.3) is 11.1 Å². The van der Waals surface area contributed by atoms with Crippen molar-refractivity contribution in [1.29, 1.82) is 0 Å². The molecule has 1 saturated carbocycles. The zero-order chi connectivity index (χ0) is 48.3. The van der Waals surface area contributed by atoms with Gasteiger partial charge in [0.2, 0.25) is 6.71 Å². The van der Waals surface area contributed by atoms with Gasteiger partial charge in [0, 0.05) is 50.4 Å². The first kappa shape index (κ1) is 46.8. The number of rotatable bonds is 3. The molecule has 0 spiro atoms. The van der Waals surface area contributed by atoms with Gasteiger partial charge in [-0.25, -0.2) is 0 Å². The average molecular weight is 909 g/mol. The molecule has 4 unspecified atom stereocenters. The van der Waals surface area contributed by atoms with Crippen molar-refractivity contribution >= 4 is 57.8 Å². The van der Waals surface area contributed by atoms with Gasteiger partial charge in [-0.3, -0.25) is 0 Å². The second kappa shape index (κ2) is 15.1. The van der Waals surface area contributed by atoms with Crippen molar-refractivity contribution < 1.29 is 0 Å². The molecule has 10 rings (SSSR count). The Balaban J connectivity index is 1.38. The third kappa shape index (κ3) is 7.32. The fourth-order valence-corrected chi connectivity index (χ4v) is 16.1. The standard InChI is InChI=1S/C63H81BN2S/c1-38-34-47-52-48(35-38)66(46-37-41(58(5,6)7)36-44(59(8,9)10)49(46)39-22-20-19-21-23-39)54-51-55(63(17,18)33-32-62(51,15)16)67-56(54)64(52)45-29-28-43-50(61(13,14)31-30-60(43,11)12)53(45)65(47)42-26-24-40(25-27-42)57(2,3)4/h19-29,34-37,51,54-56H,30-33H2,1-18H3. The Hall–Kier alpha value is -3.89. The van der Waals surface area contributed by atoms with Gasteiger partial charge in [-0.1, -0.05) is 178 Å². The van der Waals surface area contributed by atoms with Gasteiger partial charge < -0.3 is 9.80 Å². The van der Waals surface area contributed by atoms with Crippen LogP contribution in [0.5, 0.6) is 0 Å². The molecule has 0 aromatic heterocycles. The molecule has 2 fully saturated rings. The summed E-state index contributed by atoms with van der Waals surface area (Å²) in [6.45, 7) is 44.8. The first-order valence-corrected chi connectivity index (χ1v) is 26.9. The second-order valence-corrected chi connectivity index (χ2v) is 29.0. The zero-order valence-electron chi connectivity index (χ0n) is 44.7. The summed E-state index contributed by atoms with van der Waals surface area (Å²) in [5.74, 6) is 0.489. The Labute approximate surface area is 411 Å². The van der Waals surface area contributed by atoms with Gasteiger partial charge in [-0.2, -0.15) is 11.8 Å². The minimum atomic E-state index is -0.0847. The van der Waals surface area contributed by atoms with Crippen molar-refractivity contribution in [3.63, 3.8) is 0 Å². The maximum Gasteiger partial charge on any atom is 0.232 e. The summed E-state index contributed by atoms with van der Waals surface area (Å²) in [4.78, 5) is 5.79. The van der Waals surface area contributed by atoms with Crippen LogP contribution in [0.2, 0.25) is 0 Å². The Morgan fingerprint density at radius 1 is 0.597 bits per heavy atom. The van der Waals surface area contributed by atoms with Crippen LogP contribution in [-0.4, -0.2) is 23.2 Å². The summed E-state index contributed by atoms with van der Waals surface area (Å²) in [6.07, 6.45) is 4.90. The number of nitrogens with zero attached hydrogens (tertiary/aromatic N) is 2. The van der Waals surface area contributed by atoms with Gasteiger partial charge in [-0.15, -0.1) is 0 Å². The first-order chi connectivity index (χ1) is 31.0. The predicted octanol–water partition coefficient (Wildman–Crippen LogP) is 16.3. The topological polar surface area (TPSA) is 6.48 Å². The first-order valence-electron chi connectivity index (χ1n) is 26.0. The van der Waals surface area contributed by atoms with E-state index in [1.54, 1.807) is 16.6 Å². The number of hydrogen-bond donors (Lipinski definition) is 0. The normalized spacial score (nSPS) is 24.4. The fourth-order valence-electron chi connectivity index (χ4n) is 13.7. The van der Waals surface area contributed by atoms with E-state index in [1.165, 1.54) is 93.0 Å². The maximum atomic E-state index is 3.01. The van der Waals surface area contributed by atoms with Gasteiger partial charge in [0.1, 0.15) is 0 Å². The third-order valence-electron chi connectivity index (χ3n) is 17.8. The van der Waals surface area contributed by atoms with Crippen molar-refractivity contribution in [1.82, 2.24) is 0 Å². The Kier molecular flexibility index (Phi) is 10.5. The summed E-state index contributed by atoms with van der Waals surface area (Å²) < 4.78 is 0. The molecule has 3 aliphatic heterocycles. The highest BCUT2D eigenvalue weighted by atomic mass is 32.2. The minimum Gasteiger partial charge on any atom is -0.337 e. The van der Waals surface area contributed by atoms with Crippen LogP contribution >= 0.6 is 11.8 Å². The molecular weight excluding hydrogens is 828 g/mol. The molecule has 5 aromatic carbocycles. The van der Waals surface area contributed by atoms with Crippen LogP contribution in [0, 0.1) is 23.7 Å². The third-order valence-corrected chi connectivity index (χ3v) is 19.9. The van der Waals surface area contributed by atoms with E-state index in [9.17, 15) is 0 Å². The van der Waals surface area contributed by atoms with E-state index >= 15 is 0 Å². The van der Waals surface area contributed by atoms with Gasteiger partial charge >= 0.3 is 0 Å². The van der Waals surface area contributed by atoms with Crippen molar-refractivity contribution in [3.05, 3.63) is 124 Å². The molecule has 0 amide bonds. The number of thioether (sulfide) groups is 1. The Morgan fingerprint density at radius 3 is 1.84 bits per heavy atom. The highest BCUT2D eigenvalue weighted by Gasteiger charge is 2.65. The number of hydrogen-bond acceptors (Lipinski definition) is 3. The van der Waals surface area contributed by atoms with E-state index in [1.807, 2.05) is 0 Å². The van der Waals surface area contributed by atoms with Crippen molar-refractivity contribution in [2.45, 2.75) is 194 Å². The summed E-state index contributed by atoms with van der Waals surface area (Å²) >= 11 is 2.39. The van der Waals surface area contributed by atoms with E-state index in [4.69, 9.17) is 0 Å². The maximum absolute atomic E-state index is 3.01. The van der Waals surface area contributed by atoms with Crippen LogP contribution < -0.4 is 20.7 Å². The lowest BCUT2D eigenvalue weighted by molar-refractivity contribution is 0.0580. The molecule has 5 aromatic rings. The number of benzene rings is 5.